The summed E-state index contributed by atoms with van der Waals surface area (Å²) in [6.45, 7) is 13.3. The molecule has 146 valence electrons. The lowest BCUT2D eigenvalue weighted by molar-refractivity contribution is 0.281. The van der Waals surface area contributed by atoms with Gasteiger partial charge >= 0.3 is 0 Å². The highest BCUT2D eigenvalue weighted by Crippen LogP contribution is 2.20. The average Bonchev–Trinajstić information content (AvgIpc) is 3.38. The van der Waals surface area contributed by atoms with E-state index in [1.807, 2.05) is 6.20 Å². The molecular weight excluding hydrogens is 324 g/mol. The van der Waals surface area contributed by atoms with Gasteiger partial charge in [-0.05, 0) is 65.0 Å². The average molecular weight is 361 g/mol. The van der Waals surface area contributed by atoms with E-state index in [0.717, 1.165) is 63.3 Å². The van der Waals surface area contributed by atoms with E-state index in [2.05, 4.69) is 44.7 Å². The van der Waals surface area contributed by atoms with Gasteiger partial charge in [0.1, 0.15) is 5.82 Å². The van der Waals surface area contributed by atoms with E-state index in [9.17, 15) is 0 Å². The number of hydrogen-bond donors (Lipinski definition) is 1. The summed E-state index contributed by atoms with van der Waals surface area (Å²) in [7, 11) is 0. The van der Waals surface area contributed by atoms with Gasteiger partial charge in [0.15, 0.2) is 5.96 Å². The SMILES string of the molecule is CCNC(=NCCCCn1ccnc1C)N1CCC(CN2CCCC2)C1. The first-order valence-corrected chi connectivity index (χ1v) is 10.5. The number of aromatic nitrogens is 2. The molecule has 2 fully saturated rings. The van der Waals surface area contributed by atoms with E-state index >= 15 is 0 Å². The molecule has 0 aliphatic carbocycles. The highest BCUT2D eigenvalue weighted by atomic mass is 15.3. The Morgan fingerprint density at radius 1 is 1.27 bits per heavy atom. The van der Waals surface area contributed by atoms with Crippen LogP contribution in [-0.2, 0) is 6.54 Å². The predicted octanol–water partition coefficient (Wildman–Crippen LogP) is 2.35. The number of guanidine groups is 1. The maximum atomic E-state index is 4.90. The summed E-state index contributed by atoms with van der Waals surface area (Å²) in [6, 6.07) is 0. The van der Waals surface area contributed by atoms with Crippen molar-refractivity contribution >= 4 is 5.96 Å². The van der Waals surface area contributed by atoms with E-state index < -0.39 is 0 Å². The topological polar surface area (TPSA) is 48.7 Å². The highest BCUT2D eigenvalue weighted by molar-refractivity contribution is 5.80. The van der Waals surface area contributed by atoms with Gasteiger partial charge in [0, 0.05) is 51.7 Å². The van der Waals surface area contributed by atoms with Gasteiger partial charge in [0.2, 0.25) is 0 Å². The minimum absolute atomic E-state index is 0.807. The van der Waals surface area contributed by atoms with Crippen LogP contribution in [-0.4, -0.2) is 71.1 Å². The molecule has 6 heteroatoms. The van der Waals surface area contributed by atoms with E-state index in [1.54, 1.807) is 0 Å². The van der Waals surface area contributed by atoms with Gasteiger partial charge in [-0.25, -0.2) is 4.98 Å². The number of aryl methyl sites for hydroxylation is 2. The summed E-state index contributed by atoms with van der Waals surface area (Å²) in [5.41, 5.74) is 0. The number of nitrogens with zero attached hydrogens (tertiary/aromatic N) is 5. The molecule has 2 aliphatic rings. The fourth-order valence-electron chi connectivity index (χ4n) is 4.15. The first-order valence-electron chi connectivity index (χ1n) is 10.5. The van der Waals surface area contributed by atoms with Crippen molar-refractivity contribution in [3.63, 3.8) is 0 Å². The van der Waals surface area contributed by atoms with Crippen molar-refractivity contribution in [2.45, 2.75) is 52.5 Å². The molecule has 0 radical (unpaired) electrons. The lowest BCUT2D eigenvalue weighted by atomic mass is 10.1. The molecule has 0 amide bonds. The summed E-state index contributed by atoms with van der Waals surface area (Å²) >= 11 is 0. The van der Waals surface area contributed by atoms with Crippen LogP contribution in [0.25, 0.3) is 0 Å². The number of hydrogen-bond acceptors (Lipinski definition) is 3. The number of aliphatic imine (C=N–C) groups is 1. The second-order valence-electron chi connectivity index (χ2n) is 7.72. The molecule has 1 aromatic heterocycles. The lowest BCUT2D eigenvalue weighted by Gasteiger charge is -2.23. The van der Waals surface area contributed by atoms with Crippen LogP contribution in [0.1, 0.15) is 44.9 Å². The standard InChI is InChI=1S/C20H36N6/c1-3-21-20(23-9-4-5-13-25-15-10-22-18(25)2)26-14-8-19(17-26)16-24-11-6-7-12-24/h10,15,19H,3-9,11-14,16-17H2,1-2H3,(H,21,23). The van der Waals surface area contributed by atoms with Crippen LogP contribution in [0.3, 0.4) is 0 Å². The van der Waals surface area contributed by atoms with Crippen molar-refractivity contribution in [1.29, 1.82) is 0 Å². The van der Waals surface area contributed by atoms with E-state index in [-0.39, 0.29) is 0 Å². The van der Waals surface area contributed by atoms with Crippen molar-refractivity contribution in [3.05, 3.63) is 18.2 Å². The third-order valence-electron chi connectivity index (χ3n) is 5.63. The van der Waals surface area contributed by atoms with E-state index in [4.69, 9.17) is 4.99 Å². The van der Waals surface area contributed by atoms with Crippen LogP contribution < -0.4 is 5.32 Å². The number of unbranched alkanes of at least 4 members (excludes halogenated alkanes) is 1. The summed E-state index contributed by atoms with van der Waals surface area (Å²) in [6.07, 6.45) is 10.3. The minimum atomic E-state index is 0.807. The summed E-state index contributed by atoms with van der Waals surface area (Å²) in [5, 5.41) is 3.50. The molecule has 1 aromatic rings. The van der Waals surface area contributed by atoms with Gasteiger partial charge in [-0.3, -0.25) is 4.99 Å². The van der Waals surface area contributed by atoms with Crippen LogP contribution in [0, 0.1) is 12.8 Å². The van der Waals surface area contributed by atoms with Crippen molar-refractivity contribution in [2.24, 2.45) is 10.9 Å². The largest absolute Gasteiger partial charge is 0.357 e. The summed E-state index contributed by atoms with van der Waals surface area (Å²) in [4.78, 5) is 14.3. The third-order valence-corrected chi connectivity index (χ3v) is 5.63. The number of rotatable bonds is 8. The fraction of sp³-hybridized carbons (Fsp3) is 0.800. The maximum Gasteiger partial charge on any atom is 0.193 e. The van der Waals surface area contributed by atoms with Crippen molar-refractivity contribution in [2.75, 3.05) is 45.8 Å². The second kappa shape index (κ2) is 9.95. The molecule has 0 aromatic carbocycles. The van der Waals surface area contributed by atoms with Crippen LogP contribution in [0.2, 0.25) is 0 Å². The molecule has 0 spiro atoms. The zero-order chi connectivity index (χ0) is 18.2. The Morgan fingerprint density at radius 3 is 2.85 bits per heavy atom. The van der Waals surface area contributed by atoms with E-state index in [1.165, 1.54) is 38.9 Å². The van der Waals surface area contributed by atoms with Gasteiger partial charge in [0.25, 0.3) is 0 Å². The van der Waals surface area contributed by atoms with Crippen LogP contribution in [0.4, 0.5) is 0 Å². The first kappa shape index (κ1) is 19.2. The molecule has 6 nitrogen and oxygen atoms in total. The fourth-order valence-corrected chi connectivity index (χ4v) is 4.15. The van der Waals surface area contributed by atoms with Gasteiger partial charge in [-0.2, -0.15) is 0 Å². The predicted molar refractivity (Wildman–Crippen MR) is 108 cm³/mol. The van der Waals surface area contributed by atoms with Crippen molar-refractivity contribution in [1.82, 2.24) is 24.7 Å². The molecule has 1 atom stereocenters. The number of imidazole rings is 1. The molecule has 1 N–H and O–H groups in total. The Morgan fingerprint density at radius 2 is 2.12 bits per heavy atom. The Kier molecular flexibility index (Phi) is 7.35. The lowest BCUT2D eigenvalue weighted by Crippen LogP contribution is -2.40. The Balaban J connectivity index is 1.41. The Labute approximate surface area is 158 Å². The highest BCUT2D eigenvalue weighted by Gasteiger charge is 2.27. The first-order chi connectivity index (χ1) is 12.8. The molecule has 0 bridgehead atoms. The van der Waals surface area contributed by atoms with Gasteiger partial charge in [-0.1, -0.05) is 0 Å². The molecule has 26 heavy (non-hydrogen) atoms. The third kappa shape index (κ3) is 5.47. The second-order valence-corrected chi connectivity index (χ2v) is 7.72. The molecule has 2 aliphatic heterocycles. The smallest absolute Gasteiger partial charge is 0.193 e. The van der Waals surface area contributed by atoms with Gasteiger partial charge in [0.05, 0.1) is 0 Å². The molecule has 3 rings (SSSR count). The minimum Gasteiger partial charge on any atom is -0.357 e. The van der Waals surface area contributed by atoms with E-state index in [0.29, 0.717) is 0 Å². The van der Waals surface area contributed by atoms with Crippen LogP contribution >= 0.6 is 0 Å². The number of likely N-dealkylation sites (tertiary alicyclic amines) is 2. The Hall–Kier alpha value is -1.56. The molecule has 0 saturated carbocycles. The maximum absolute atomic E-state index is 4.90. The molecule has 1 unspecified atom stereocenters. The van der Waals surface area contributed by atoms with Crippen LogP contribution in [0.5, 0.6) is 0 Å². The summed E-state index contributed by atoms with van der Waals surface area (Å²) < 4.78 is 2.22. The zero-order valence-corrected chi connectivity index (χ0v) is 16.7. The summed E-state index contributed by atoms with van der Waals surface area (Å²) in [5.74, 6) is 3.03. The van der Waals surface area contributed by atoms with Crippen LogP contribution in [0.15, 0.2) is 17.4 Å². The molecular formula is C20H36N6. The van der Waals surface area contributed by atoms with Crippen molar-refractivity contribution < 1.29 is 0 Å². The monoisotopic (exact) mass is 360 g/mol. The van der Waals surface area contributed by atoms with Gasteiger partial charge in [-0.15, -0.1) is 0 Å². The van der Waals surface area contributed by atoms with Crippen molar-refractivity contribution in [3.8, 4) is 0 Å². The molecule has 3 heterocycles. The quantitative estimate of drug-likeness (QED) is 0.439. The zero-order valence-electron chi connectivity index (χ0n) is 16.7. The van der Waals surface area contributed by atoms with Gasteiger partial charge < -0.3 is 19.7 Å². The Bertz CT molecular complexity index is 560. The number of nitrogens with one attached hydrogen (secondary N) is 1. The normalized spacial score (nSPS) is 21.7. The molecule has 2 saturated heterocycles.